The number of phenolic OH excluding ortho intramolecular Hbond substituents is 1. The van der Waals surface area contributed by atoms with Crippen molar-refractivity contribution in [2.45, 2.75) is 12.5 Å². The van der Waals surface area contributed by atoms with E-state index < -0.39 is 6.04 Å². The van der Waals surface area contributed by atoms with Crippen LogP contribution in [-0.2, 0) is 6.42 Å². The standard InChI is InChI=1S/C10H13NO3/c11-8(5-12)7-3-6-1-2-14-10(6)4-9(7)13/h3-4,8,12-13H,1-2,5,11H2. The van der Waals surface area contributed by atoms with Crippen molar-refractivity contribution >= 4 is 0 Å². The molecule has 76 valence electrons. The maximum atomic E-state index is 9.61. The molecule has 0 saturated heterocycles. The van der Waals surface area contributed by atoms with E-state index in [1.54, 1.807) is 12.1 Å². The van der Waals surface area contributed by atoms with Crippen LogP contribution < -0.4 is 10.5 Å². The molecule has 2 rings (SSSR count). The fourth-order valence-corrected chi connectivity index (χ4v) is 1.63. The molecule has 0 radical (unpaired) electrons. The number of aliphatic hydroxyl groups excluding tert-OH is 1. The lowest BCUT2D eigenvalue weighted by molar-refractivity contribution is 0.265. The van der Waals surface area contributed by atoms with E-state index in [1.165, 1.54) is 0 Å². The molecule has 0 amide bonds. The monoisotopic (exact) mass is 195 g/mol. The van der Waals surface area contributed by atoms with Crippen LogP contribution in [-0.4, -0.2) is 23.4 Å². The molecular formula is C10H13NO3. The van der Waals surface area contributed by atoms with Crippen LogP contribution in [0.2, 0.25) is 0 Å². The second kappa shape index (κ2) is 3.48. The van der Waals surface area contributed by atoms with Gasteiger partial charge in [0.25, 0.3) is 0 Å². The average molecular weight is 195 g/mol. The van der Waals surface area contributed by atoms with E-state index in [-0.39, 0.29) is 12.4 Å². The van der Waals surface area contributed by atoms with Gasteiger partial charge in [-0.1, -0.05) is 0 Å². The van der Waals surface area contributed by atoms with Gasteiger partial charge in [-0.2, -0.15) is 0 Å². The Morgan fingerprint density at radius 2 is 2.29 bits per heavy atom. The molecular weight excluding hydrogens is 182 g/mol. The zero-order chi connectivity index (χ0) is 10.1. The van der Waals surface area contributed by atoms with E-state index >= 15 is 0 Å². The molecule has 0 aromatic heterocycles. The van der Waals surface area contributed by atoms with Gasteiger partial charge in [0, 0.05) is 18.1 Å². The van der Waals surface area contributed by atoms with Crippen LogP contribution in [0.25, 0.3) is 0 Å². The number of rotatable bonds is 2. The van der Waals surface area contributed by atoms with Crippen LogP contribution in [0.5, 0.6) is 11.5 Å². The van der Waals surface area contributed by atoms with Crippen molar-refractivity contribution in [3.8, 4) is 11.5 Å². The third-order valence-electron chi connectivity index (χ3n) is 2.43. The Labute approximate surface area is 81.9 Å². The summed E-state index contributed by atoms with van der Waals surface area (Å²) in [5, 5.41) is 18.5. The molecule has 0 spiro atoms. The first-order chi connectivity index (χ1) is 6.72. The van der Waals surface area contributed by atoms with Gasteiger partial charge in [-0.15, -0.1) is 0 Å². The van der Waals surface area contributed by atoms with E-state index in [1.807, 2.05) is 0 Å². The number of hydrogen-bond donors (Lipinski definition) is 3. The Morgan fingerprint density at radius 1 is 1.50 bits per heavy atom. The van der Waals surface area contributed by atoms with Gasteiger partial charge in [-0.05, 0) is 11.6 Å². The quantitative estimate of drug-likeness (QED) is 0.635. The lowest BCUT2D eigenvalue weighted by atomic mass is 10.0. The molecule has 1 heterocycles. The summed E-state index contributed by atoms with van der Waals surface area (Å²) in [5.41, 5.74) is 7.26. The van der Waals surface area contributed by atoms with E-state index in [0.29, 0.717) is 12.2 Å². The molecule has 4 N–H and O–H groups in total. The van der Waals surface area contributed by atoms with Gasteiger partial charge in [0.2, 0.25) is 0 Å². The topological polar surface area (TPSA) is 75.7 Å². The first-order valence-electron chi connectivity index (χ1n) is 4.57. The lowest BCUT2D eigenvalue weighted by Crippen LogP contribution is -2.14. The van der Waals surface area contributed by atoms with E-state index in [2.05, 4.69) is 0 Å². The van der Waals surface area contributed by atoms with Crippen LogP contribution in [0.15, 0.2) is 12.1 Å². The smallest absolute Gasteiger partial charge is 0.126 e. The summed E-state index contributed by atoms with van der Waals surface area (Å²) < 4.78 is 5.28. The minimum atomic E-state index is -0.527. The van der Waals surface area contributed by atoms with Gasteiger partial charge < -0.3 is 20.7 Å². The van der Waals surface area contributed by atoms with Gasteiger partial charge in [-0.25, -0.2) is 0 Å². The second-order valence-electron chi connectivity index (χ2n) is 3.41. The molecule has 0 saturated carbocycles. The maximum absolute atomic E-state index is 9.61. The van der Waals surface area contributed by atoms with Crippen molar-refractivity contribution in [1.29, 1.82) is 0 Å². The highest BCUT2D eigenvalue weighted by atomic mass is 16.5. The van der Waals surface area contributed by atoms with Crippen LogP contribution in [0.1, 0.15) is 17.2 Å². The number of ether oxygens (including phenoxy) is 1. The normalized spacial score (nSPS) is 16.1. The molecule has 14 heavy (non-hydrogen) atoms. The summed E-state index contributed by atoms with van der Waals surface area (Å²) in [6.45, 7) is 0.472. The zero-order valence-corrected chi connectivity index (χ0v) is 7.73. The number of nitrogens with two attached hydrogens (primary N) is 1. The number of fused-ring (bicyclic) bond motifs is 1. The third kappa shape index (κ3) is 1.42. The second-order valence-corrected chi connectivity index (χ2v) is 3.41. The minimum Gasteiger partial charge on any atom is -0.507 e. The SMILES string of the molecule is NC(CO)c1cc2c(cc1O)OCC2. The number of aromatic hydroxyl groups is 1. The Balaban J connectivity index is 2.42. The number of hydrogen-bond acceptors (Lipinski definition) is 4. The molecule has 4 heteroatoms. The van der Waals surface area contributed by atoms with E-state index in [0.717, 1.165) is 17.7 Å². The number of aliphatic hydroxyl groups is 1. The molecule has 0 fully saturated rings. The molecule has 1 aliphatic heterocycles. The summed E-state index contributed by atoms with van der Waals surface area (Å²) >= 11 is 0. The highest BCUT2D eigenvalue weighted by Gasteiger charge is 2.18. The first-order valence-corrected chi connectivity index (χ1v) is 4.57. The summed E-state index contributed by atoms with van der Waals surface area (Å²) in [4.78, 5) is 0. The Hall–Kier alpha value is -1.26. The van der Waals surface area contributed by atoms with Crippen LogP contribution in [0.3, 0.4) is 0 Å². The highest BCUT2D eigenvalue weighted by molar-refractivity contribution is 5.48. The van der Waals surface area contributed by atoms with Gasteiger partial charge >= 0.3 is 0 Å². The minimum absolute atomic E-state index is 0.0900. The van der Waals surface area contributed by atoms with Gasteiger partial charge in [-0.3, -0.25) is 0 Å². The van der Waals surface area contributed by atoms with Crippen LogP contribution in [0, 0.1) is 0 Å². The molecule has 4 nitrogen and oxygen atoms in total. The van der Waals surface area contributed by atoms with Gasteiger partial charge in [0.05, 0.1) is 19.3 Å². The fourth-order valence-electron chi connectivity index (χ4n) is 1.63. The van der Waals surface area contributed by atoms with Gasteiger partial charge in [0.15, 0.2) is 0 Å². The van der Waals surface area contributed by atoms with E-state index in [9.17, 15) is 5.11 Å². The molecule has 0 aliphatic carbocycles. The summed E-state index contributed by atoms with van der Waals surface area (Å²) in [6.07, 6.45) is 0.834. The van der Waals surface area contributed by atoms with Crippen LogP contribution >= 0.6 is 0 Å². The van der Waals surface area contributed by atoms with Crippen molar-refractivity contribution in [3.05, 3.63) is 23.3 Å². The molecule has 1 aliphatic rings. The van der Waals surface area contributed by atoms with Crippen molar-refractivity contribution in [2.75, 3.05) is 13.2 Å². The third-order valence-corrected chi connectivity index (χ3v) is 2.43. The Bertz CT molecular complexity index is 351. The largest absolute Gasteiger partial charge is 0.507 e. The number of benzene rings is 1. The molecule has 1 atom stereocenters. The molecule has 0 bridgehead atoms. The Morgan fingerprint density at radius 3 is 3.00 bits per heavy atom. The maximum Gasteiger partial charge on any atom is 0.126 e. The van der Waals surface area contributed by atoms with Crippen LogP contribution in [0.4, 0.5) is 0 Å². The predicted octanol–water partition coefficient (Wildman–Crippen LogP) is 0.319. The first kappa shape index (κ1) is 9.30. The van der Waals surface area contributed by atoms with Crippen molar-refractivity contribution in [3.63, 3.8) is 0 Å². The summed E-state index contributed by atoms with van der Waals surface area (Å²) in [5.74, 6) is 0.809. The summed E-state index contributed by atoms with van der Waals surface area (Å²) in [7, 11) is 0. The van der Waals surface area contributed by atoms with Crippen molar-refractivity contribution in [1.82, 2.24) is 0 Å². The average Bonchev–Trinajstić information content (AvgIpc) is 2.62. The van der Waals surface area contributed by atoms with Crippen molar-refractivity contribution in [2.24, 2.45) is 5.73 Å². The molecule has 1 unspecified atom stereocenters. The van der Waals surface area contributed by atoms with Crippen molar-refractivity contribution < 1.29 is 14.9 Å². The zero-order valence-electron chi connectivity index (χ0n) is 7.73. The van der Waals surface area contributed by atoms with Gasteiger partial charge in [0.1, 0.15) is 11.5 Å². The molecule has 1 aromatic rings. The number of phenols is 1. The highest BCUT2D eigenvalue weighted by Crippen LogP contribution is 2.34. The fraction of sp³-hybridized carbons (Fsp3) is 0.400. The summed E-state index contributed by atoms with van der Waals surface area (Å²) in [6, 6.07) is 2.84. The predicted molar refractivity (Wildman–Crippen MR) is 51.3 cm³/mol. The lowest BCUT2D eigenvalue weighted by Gasteiger charge is -2.12. The van der Waals surface area contributed by atoms with E-state index in [4.69, 9.17) is 15.6 Å². The Kier molecular flexibility index (Phi) is 2.31. The molecule has 1 aromatic carbocycles.